The maximum atomic E-state index is 11.8. The van der Waals surface area contributed by atoms with Crippen LogP contribution in [0.25, 0.3) is 22.2 Å². The minimum absolute atomic E-state index is 0.398. The van der Waals surface area contributed by atoms with Gasteiger partial charge in [0.2, 0.25) is 0 Å². The van der Waals surface area contributed by atoms with Gasteiger partial charge in [-0.2, -0.15) is 5.10 Å². The number of H-pyrrole nitrogens is 1. The Balaban J connectivity index is 2.30. The lowest BCUT2D eigenvalue weighted by Crippen LogP contribution is -2.00. The van der Waals surface area contributed by atoms with Crippen molar-refractivity contribution >= 4 is 16.9 Å². The van der Waals surface area contributed by atoms with Crippen molar-refractivity contribution in [3.63, 3.8) is 0 Å². The zero-order valence-corrected chi connectivity index (χ0v) is 12.7. The van der Waals surface area contributed by atoms with E-state index in [4.69, 9.17) is 9.47 Å². The molecule has 0 unspecified atom stereocenters. The maximum absolute atomic E-state index is 11.8. The fourth-order valence-corrected chi connectivity index (χ4v) is 2.64. The van der Waals surface area contributed by atoms with E-state index in [1.54, 1.807) is 19.4 Å². The topological polar surface area (TPSA) is 69.1 Å². The number of methoxy groups -OCH3 is 2. The van der Waals surface area contributed by atoms with E-state index in [0.29, 0.717) is 5.69 Å². The van der Waals surface area contributed by atoms with Crippen molar-refractivity contribution in [1.29, 1.82) is 0 Å². The van der Waals surface area contributed by atoms with E-state index in [1.165, 1.54) is 7.11 Å². The van der Waals surface area contributed by atoms with Crippen molar-refractivity contribution in [2.45, 2.75) is 13.5 Å². The van der Waals surface area contributed by atoms with E-state index in [0.717, 1.165) is 34.5 Å². The Morgan fingerprint density at radius 3 is 2.82 bits per heavy atom. The van der Waals surface area contributed by atoms with Crippen molar-refractivity contribution < 1.29 is 14.3 Å². The molecule has 0 saturated heterocycles. The first-order valence-corrected chi connectivity index (χ1v) is 6.99. The van der Waals surface area contributed by atoms with Crippen molar-refractivity contribution in [3.05, 3.63) is 36.2 Å². The summed E-state index contributed by atoms with van der Waals surface area (Å²) >= 11 is 0. The Morgan fingerprint density at radius 1 is 1.32 bits per heavy atom. The summed E-state index contributed by atoms with van der Waals surface area (Å²) in [6.45, 7) is 2.77. The molecule has 0 bridgehead atoms. The molecule has 0 atom stereocenters. The molecule has 0 aliphatic rings. The van der Waals surface area contributed by atoms with Crippen LogP contribution < -0.4 is 4.74 Å². The molecule has 1 N–H and O–H groups in total. The Kier molecular flexibility index (Phi) is 3.58. The predicted molar refractivity (Wildman–Crippen MR) is 83.1 cm³/mol. The number of carbonyl (C=O) groups excluding carboxylic acids is 1. The molecule has 114 valence electrons. The largest absolute Gasteiger partial charge is 0.496 e. The van der Waals surface area contributed by atoms with Crippen molar-refractivity contribution in [1.82, 2.24) is 14.8 Å². The quantitative estimate of drug-likeness (QED) is 0.752. The summed E-state index contributed by atoms with van der Waals surface area (Å²) in [6, 6.07) is 7.48. The number of fused-ring (bicyclic) bond motifs is 1. The summed E-state index contributed by atoms with van der Waals surface area (Å²) in [7, 11) is 2.99. The van der Waals surface area contributed by atoms with Gasteiger partial charge in [0, 0.05) is 23.6 Å². The normalized spacial score (nSPS) is 10.9. The van der Waals surface area contributed by atoms with Gasteiger partial charge >= 0.3 is 5.97 Å². The second-order valence-electron chi connectivity index (χ2n) is 4.81. The molecule has 0 aliphatic carbocycles. The van der Waals surface area contributed by atoms with Crippen LogP contribution in [-0.4, -0.2) is 35.0 Å². The first-order chi connectivity index (χ1) is 10.7. The van der Waals surface area contributed by atoms with Gasteiger partial charge in [-0.05, 0) is 31.2 Å². The van der Waals surface area contributed by atoms with E-state index in [1.807, 2.05) is 29.8 Å². The summed E-state index contributed by atoms with van der Waals surface area (Å²) in [6.07, 6.45) is 1.75. The number of carbonyl (C=O) groups is 1. The molecule has 22 heavy (non-hydrogen) atoms. The van der Waals surface area contributed by atoms with Gasteiger partial charge < -0.3 is 14.5 Å². The predicted octanol–water partition coefficient (Wildman–Crippen LogP) is 2.85. The lowest BCUT2D eigenvalue weighted by molar-refractivity contribution is 0.0595. The number of aromatic nitrogens is 3. The summed E-state index contributed by atoms with van der Waals surface area (Å²) in [4.78, 5) is 14.8. The molecular weight excluding hydrogens is 282 g/mol. The number of nitrogens with zero attached hydrogens (tertiary/aromatic N) is 2. The molecule has 0 aliphatic heterocycles. The zero-order chi connectivity index (χ0) is 15.7. The van der Waals surface area contributed by atoms with Crippen LogP contribution in [0.5, 0.6) is 5.75 Å². The summed E-state index contributed by atoms with van der Waals surface area (Å²) in [5.41, 5.74) is 3.11. The molecule has 2 aromatic heterocycles. The highest BCUT2D eigenvalue weighted by molar-refractivity contribution is 6.02. The smallest absolute Gasteiger partial charge is 0.354 e. The van der Waals surface area contributed by atoms with E-state index in [-0.39, 0.29) is 0 Å². The fraction of sp³-hybridized carbons (Fsp3) is 0.250. The van der Waals surface area contributed by atoms with Crippen LogP contribution in [-0.2, 0) is 11.3 Å². The number of hydrogen-bond donors (Lipinski definition) is 1. The van der Waals surface area contributed by atoms with Gasteiger partial charge in [0.1, 0.15) is 11.4 Å². The summed E-state index contributed by atoms with van der Waals surface area (Å²) in [5.74, 6) is 0.336. The first kappa shape index (κ1) is 14.2. The van der Waals surface area contributed by atoms with Gasteiger partial charge in [0.15, 0.2) is 0 Å². The van der Waals surface area contributed by atoms with Crippen molar-refractivity contribution in [2.24, 2.45) is 0 Å². The van der Waals surface area contributed by atoms with Crippen LogP contribution in [0.15, 0.2) is 30.5 Å². The van der Waals surface area contributed by atoms with Gasteiger partial charge in [-0.3, -0.25) is 4.68 Å². The number of nitrogens with one attached hydrogen (secondary N) is 1. The number of aromatic amines is 1. The minimum atomic E-state index is -0.398. The van der Waals surface area contributed by atoms with Gasteiger partial charge in [-0.15, -0.1) is 0 Å². The number of rotatable bonds is 4. The average Bonchev–Trinajstić information content (AvgIpc) is 3.18. The second-order valence-corrected chi connectivity index (χ2v) is 4.81. The summed E-state index contributed by atoms with van der Waals surface area (Å²) in [5, 5.41) is 5.21. The van der Waals surface area contributed by atoms with E-state index < -0.39 is 5.97 Å². The molecule has 6 nitrogen and oxygen atoms in total. The van der Waals surface area contributed by atoms with Crippen LogP contribution in [0.3, 0.4) is 0 Å². The van der Waals surface area contributed by atoms with E-state index in [2.05, 4.69) is 10.1 Å². The van der Waals surface area contributed by atoms with E-state index >= 15 is 0 Å². The van der Waals surface area contributed by atoms with Gasteiger partial charge in [0.25, 0.3) is 0 Å². The van der Waals surface area contributed by atoms with Crippen LogP contribution in [0.4, 0.5) is 0 Å². The molecule has 6 heteroatoms. The highest BCUT2D eigenvalue weighted by Crippen LogP contribution is 2.37. The van der Waals surface area contributed by atoms with Gasteiger partial charge in [-0.1, -0.05) is 0 Å². The first-order valence-electron chi connectivity index (χ1n) is 6.99. The van der Waals surface area contributed by atoms with Crippen molar-refractivity contribution in [2.75, 3.05) is 14.2 Å². The van der Waals surface area contributed by atoms with Gasteiger partial charge in [0.05, 0.1) is 25.5 Å². The molecule has 0 fully saturated rings. The van der Waals surface area contributed by atoms with E-state index in [9.17, 15) is 4.79 Å². The number of ether oxygens (including phenoxy) is 2. The third-order valence-electron chi connectivity index (χ3n) is 3.66. The number of hydrogen-bond acceptors (Lipinski definition) is 4. The molecule has 0 amide bonds. The fourth-order valence-electron chi connectivity index (χ4n) is 2.64. The Bertz CT molecular complexity index is 832. The molecular formula is C16H17N3O3. The third-order valence-corrected chi connectivity index (χ3v) is 3.66. The highest BCUT2D eigenvalue weighted by Gasteiger charge is 2.18. The second kappa shape index (κ2) is 5.55. The Morgan fingerprint density at radius 2 is 2.14 bits per heavy atom. The van der Waals surface area contributed by atoms with Crippen LogP contribution >= 0.6 is 0 Å². The molecule has 3 aromatic rings. The summed E-state index contributed by atoms with van der Waals surface area (Å²) < 4.78 is 12.2. The molecule has 0 spiro atoms. The Labute approximate surface area is 127 Å². The average molecular weight is 299 g/mol. The van der Waals surface area contributed by atoms with Gasteiger partial charge in [-0.25, -0.2) is 4.79 Å². The maximum Gasteiger partial charge on any atom is 0.354 e. The zero-order valence-electron chi connectivity index (χ0n) is 12.7. The number of esters is 1. The molecule has 0 saturated carbocycles. The highest BCUT2D eigenvalue weighted by atomic mass is 16.5. The molecule has 1 aromatic carbocycles. The van der Waals surface area contributed by atoms with Crippen LogP contribution in [0, 0.1) is 0 Å². The third kappa shape index (κ3) is 2.13. The minimum Gasteiger partial charge on any atom is -0.496 e. The molecule has 0 radical (unpaired) electrons. The standard InChI is InChI=1S/C16H17N3O3/c1-4-19-13(7-8-17-19)15-10-9-12(16(20)22-3)18-11(10)5-6-14(15)21-2/h5-9,18H,4H2,1-3H3. The van der Waals surface area contributed by atoms with Crippen LogP contribution in [0.1, 0.15) is 17.4 Å². The molecule has 3 rings (SSSR count). The number of aryl methyl sites for hydroxylation is 1. The molecule has 2 heterocycles. The lowest BCUT2D eigenvalue weighted by atomic mass is 10.1. The SMILES string of the molecule is CCn1nccc1-c1c(OC)ccc2[nH]c(C(=O)OC)cc12. The van der Waals surface area contributed by atoms with Crippen LogP contribution in [0.2, 0.25) is 0 Å². The Hall–Kier alpha value is -2.76. The lowest BCUT2D eigenvalue weighted by Gasteiger charge is -2.11. The van der Waals surface area contributed by atoms with Crippen molar-refractivity contribution in [3.8, 4) is 17.0 Å². The number of benzene rings is 1. The monoisotopic (exact) mass is 299 g/mol.